The molecule has 140 valence electrons. The van der Waals surface area contributed by atoms with E-state index in [2.05, 4.69) is 115 Å². The van der Waals surface area contributed by atoms with E-state index in [0.29, 0.717) is 0 Å². The van der Waals surface area contributed by atoms with Crippen molar-refractivity contribution in [1.82, 2.24) is 4.98 Å². The Bertz CT molecular complexity index is 1380. The van der Waals surface area contributed by atoms with Crippen LogP contribution in [0.5, 0.6) is 0 Å². The van der Waals surface area contributed by atoms with E-state index >= 15 is 0 Å². The molecule has 0 saturated carbocycles. The van der Waals surface area contributed by atoms with Gasteiger partial charge < -0.3 is 9.88 Å². The highest BCUT2D eigenvalue weighted by atomic mass is 15.2. The maximum atomic E-state index is 3.73. The predicted octanol–water partition coefficient (Wildman–Crippen LogP) is 7.43. The maximum absolute atomic E-state index is 3.73. The maximum Gasteiger partial charge on any atom is 0.0744 e. The van der Waals surface area contributed by atoms with Crippen LogP contribution in [0.3, 0.4) is 0 Å². The number of para-hydroxylation sites is 3. The van der Waals surface area contributed by atoms with Gasteiger partial charge in [0.2, 0.25) is 0 Å². The molecule has 0 atom stereocenters. The van der Waals surface area contributed by atoms with Crippen LogP contribution in [0.25, 0.3) is 21.8 Å². The number of fused-ring (bicyclic) bond motifs is 6. The Morgan fingerprint density at radius 2 is 1.38 bits per heavy atom. The lowest BCUT2D eigenvalue weighted by molar-refractivity contribution is 0.633. The van der Waals surface area contributed by atoms with E-state index in [4.69, 9.17) is 0 Å². The number of aromatic nitrogens is 1. The van der Waals surface area contributed by atoms with E-state index in [0.717, 1.165) is 0 Å². The summed E-state index contributed by atoms with van der Waals surface area (Å²) in [6, 6.07) is 32.7. The predicted molar refractivity (Wildman–Crippen MR) is 123 cm³/mol. The van der Waals surface area contributed by atoms with Crippen LogP contribution in [0.4, 0.5) is 17.1 Å². The quantitative estimate of drug-likeness (QED) is 0.323. The van der Waals surface area contributed by atoms with Gasteiger partial charge >= 0.3 is 0 Å². The number of nitrogens with zero attached hydrogens (tertiary/aromatic N) is 1. The highest BCUT2D eigenvalue weighted by molar-refractivity contribution is 6.14. The lowest BCUT2D eigenvalue weighted by Crippen LogP contribution is -2.30. The fourth-order valence-electron chi connectivity index (χ4n) is 4.95. The van der Waals surface area contributed by atoms with Crippen LogP contribution in [0.2, 0.25) is 0 Å². The Balaban J connectivity index is 1.79. The molecule has 4 aromatic carbocycles. The van der Waals surface area contributed by atoms with Gasteiger partial charge in [-0.05, 0) is 35.4 Å². The topological polar surface area (TPSA) is 19.0 Å². The lowest BCUT2D eigenvalue weighted by atomic mass is 9.73. The largest absolute Gasteiger partial charge is 0.353 e. The minimum Gasteiger partial charge on any atom is -0.353 e. The normalized spacial score (nSPS) is 14.8. The van der Waals surface area contributed by atoms with Crippen molar-refractivity contribution in [3.63, 3.8) is 0 Å². The first kappa shape index (κ1) is 16.4. The van der Waals surface area contributed by atoms with Gasteiger partial charge in [0.05, 0.1) is 16.9 Å². The molecule has 0 spiro atoms. The lowest BCUT2D eigenvalue weighted by Gasteiger charge is -2.42. The molecule has 5 aromatic rings. The second-order valence-corrected chi connectivity index (χ2v) is 8.37. The van der Waals surface area contributed by atoms with Crippen molar-refractivity contribution in [2.24, 2.45) is 0 Å². The van der Waals surface area contributed by atoms with Crippen LogP contribution in [0.15, 0.2) is 91.0 Å². The Hall–Kier alpha value is -3.52. The van der Waals surface area contributed by atoms with Crippen LogP contribution in [0, 0.1) is 0 Å². The Morgan fingerprint density at radius 3 is 2.24 bits per heavy atom. The molecule has 2 heterocycles. The molecule has 0 unspecified atom stereocenters. The first-order valence-electron chi connectivity index (χ1n) is 10.1. The number of hydrogen-bond donors (Lipinski definition) is 1. The first-order chi connectivity index (χ1) is 14.2. The third-order valence-corrected chi connectivity index (χ3v) is 6.38. The van der Waals surface area contributed by atoms with Crippen LogP contribution >= 0.6 is 0 Å². The monoisotopic (exact) mass is 374 g/mol. The zero-order chi connectivity index (χ0) is 19.6. The summed E-state index contributed by atoms with van der Waals surface area (Å²) < 4.78 is 0. The summed E-state index contributed by atoms with van der Waals surface area (Å²) in [7, 11) is 0. The van der Waals surface area contributed by atoms with E-state index in [1.165, 1.54) is 50.0 Å². The number of benzene rings is 4. The molecule has 0 aliphatic carbocycles. The van der Waals surface area contributed by atoms with Crippen molar-refractivity contribution in [3.8, 4) is 0 Å². The van der Waals surface area contributed by atoms with E-state index in [9.17, 15) is 0 Å². The molecule has 1 aliphatic rings. The summed E-state index contributed by atoms with van der Waals surface area (Å²) in [4.78, 5) is 6.16. The standard InChI is InChI=1S/C27H22N2/c1-27(2)21-13-7-9-15-24(21)29(18-10-4-3-5-11-18)26-22(27)17-16-20-19-12-6-8-14-23(19)28-25(20)26/h3-17,28H,1-2H3. The Labute approximate surface area is 170 Å². The Morgan fingerprint density at radius 1 is 0.655 bits per heavy atom. The SMILES string of the molecule is CC1(C)c2ccccc2N(c2ccccc2)c2c1ccc1c2[nH]c2ccccc21. The van der Waals surface area contributed by atoms with Gasteiger partial charge in [-0.15, -0.1) is 0 Å². The van der Waals surface area contributed by atoms with Gasteiger partial charge in [0, 0.05) is 27.4 Å². The van der Waals surface area contributed by atoms with E-state index in [1.54, 1.807) is 0 Å². The molecular formula is C27H22N2. The van der Waals surface area contributed by atoms with E-state index in [-0.39, 0.29) is 5.41 Å². The smallest absolute Gasteiger partial charge is 0.0744 e. The second kappa shape index (κ2) is 5.74. The van der Waals surface area contributed by atoms with Gasteiger partial charge in [-0.1, -0.05) is 80.6 Å². The van der Waals surface area contributed by atoms with Crippen LogP contribution in [-0.2, 0) is 5.41 Å². The van der Waals surface area contributed by atoms with Crippen molar-refractivity contribution >= 4 is 38.9 Å². The summed E-state index contributed by atoms with van der Waals surface area (Å²) in [5, 5.41) is 2.55. The number of rotatable bonds is 1. The molecular weight excluding hydrogens is 352 g/mol. The fourth-order valence-corrected chi connectivity index (χ4v) is 4.95. The van der Waals surface area contributed by atoms with Crippen LogP contribution < -0.4 is 4.90 Å². The third-order valence-electron chi connectivity index (χ3n) is 6.38. The molecule has 0 saturated heterocycles. The molecule has 2 heteroatoms. The fraction of sp³-hybridized carbons (Fsp3) is 0.111. The zero-order valence-electron chi connectivity index (χ0n) is 16.6. The molecule has 0 bridgehead atoms. The highest BCUT2D eigenvalue weighted by Crippen LogP contribution is 2.54. The van der Waals surface area contributed by atoms with Gasteiger partial charge in [-0.2, -0.15) is 0 Å². The molecule has 1 aliphatic heterocycles. The van der Waals surface area contributed by atoms with Crippen LogP contribution in [0.1, 0.15) is 25.0 Å². The average Bonchev–Trinajstić information content (AvgIpc) is 3.14. The first-order valence-corrected chi connectivity index (χ1v) is 10.1. The molecule has 0 radical (unpaired) electrons. The van der Waals surface area contributed by atoms with Crippen molar-refractivity contribution in [1.29, 1.82) is 0 Å². The molecule has 29 heavy (non-hydrogen) atoms. The van der Waals surface area contributed by atoms with Crippen molar-refractivity contribution in [2.45, 2.75) is 19.3 Å². The molecule has 0 amide bonds. The highest BCUT2D eigenvalue weighted by Gasteiger charge is 2.38. The van der Waals surface area contributed by atoms with Gasteiger partial charge in [0.25, 0.3) is 0 Å². The van der Waals surface area contributed by atoms with Crippen molar-refractivity contribution in [3.05, 3.63) is 102 Å². The Kier molecular flexibility index (Phi) is 3.25. The number of anilines is 3. The molecule has 1 N–H and O–H groups in total. The van der Waals surface area contributed by atoms with Gasteiger partial charge in [-0.25, -0.2) is 0 Å². The van der Waals surface area contributed by atoms with Gasteiger partial charge in [0.1, 0.15) is 0 Å². The zero-order valence-corrected chi connectivity index (χ0v) is 16.6. The van der Waals surface area contributed by atoms with Crippen molar-refractivity contribution in [2.75, 3.05) is 4.90 Å². The number of H-pyrrole nitrogens is 1. The van der Waals surface area contributed by atoms with E-state index < -0.39 is 0 Å². The summed E-state index contributed by atoms with van der Waals surface area (Å²) in [6.45, 7) is 4.67. The average molecular weight is 374 g/mol. The summed E-state index contributed by atoms with van der Waals surface area (Å²) in [5.41, 5.74) is 8.70. The summed E-state index contributed by atoms with van der Waals surface area (Å²) in [6.07, 6.45) is 0. The third kappa shape index (κ3) is 2.17. The van der Waals surface area contributed by atoms with Crippen LogP contribution in [-0.4, -0.2) is 4.98 Å². The second-order valence-electron chi connectivity index (χ2n) is 8.37. The molecule has 6 rings (SSSR count). The number of aromatic amines is 1. The number of hydrogen-bond acceptors (Lipinski definition) is 1. The molecule has 1 aromatic heterocycles. The van der Waals surface area contributed by atoms with Gasteiger partial charge in [-0.3, -0.25) is 0 Å². The number of nitrogens with one attached hydrogen (secondary N) is 1. The minimum absolute atomic E-state index is 0.0807. The molecule has 2 nitrogen and oxygen atoms in total. The van der Waals surface area contributed by atoms with Gasteiger partial charge in [0.15, 0.2) is 0 Å². The summed E-state index contributed by atoms with van der Waals surface area (Å²) in [5.74, 6) is 0. The minimum atomic E-state index is -0.0807. The molecule has 0 fully saturated rings. The summed E-state index contributed by atoms with van der Waals surface area (Å²) >= 11 is 0. The van der Waals surface area contributed by atoms with Crippen molar-refractivity contribution < 1.29 is 0 Å². The van der Waals surface area contributed by atoms with E-state index in [1.807, 2.05) is 0 Å².